The van der Waals surface area contributed by atoms with Crippen molar-refractivity contribution < 1.29 is 14.3 Å². The van der Waals surface area contributed by atoms with Crippen molar-refractivity contribution in [1.29, 1.82) is 0 Å². The summed E-state index contributed by atoms with van der Waals surface area (Å²) in [7, 11) is 1.29. The lowest BCUT2D eigenvalue weighted by molar-refractivity contribution is -0.113. The quantitative estimate of drug-likeness (QED) is 0.329. The highest BCUT2D eigenvalue weighted by atomic mass is 79.9. The van der Waals surface area contributed by atoms with Crippen molar-refractivity contribution in [1.82, 2.24) is 14.9 Å². The number of carbonyl (C=O) groups excluding carboxylic acids is 2. The van der Waals surface area contributed by atoms with E-state index in [4.69, 9.17) is 10.6 Å². The number of hydrogen-bond acceptors (Lipinski definition) is 7. The predicted octanol–water partition coefficient (Wildman–Crippen LogP) is 2.94. The molecule has 0 saturated heterocycles. The minimum absolute atomic E-state index is 0.0425. The smallest absolute Gasteiger partial charge is 0.339 e. The molecule has 10 heteroatoms. The number of benzene rings is 2. The van der Waals surface area contributed by atoms with Gasteiger partial charge in [-0.15, -0.1) is 10.2 Å². The number of anilines is 1. The number of hydrogen-bond donors (Lipinski definition) is 2. The molecule has 1 amide bonds. The summed E-state index contributed by atoms with van der Waals surface area (Å²) in [6.07, 6.45) is 0. The average molecular weight is 462 g/mol. The molecule has 0 unspecified atom stereocenters. The van der Waals surface area contributed by atoms with E-state index < -0.39 is 5.97 Å². The first-order valence-electron chi connectivity index (χ1n) is 8.06. The van der Waals surface area contributed by atoms with Crippen molar-refractivity contribution in [3.05, 3.63) is 58.6 Å². The Morgan fingerprint density at radius 1 is 1.18 bits per heavy atom. The van der Waals surface area contributed by atoms with E-state index >= 15 is 0 Å². The van der Waals surface area contributed by atoms with Gasteiger partial charge in [0.1, 0.15) is 0 Å². The monoisotopic (exact) mass is 461 g/mol. The molecule has 0 aliphatic heterocycles. The molecule has 0 spiro atoms. The first kappa shape index (κ1) is 19.9. The van der Waals surface area contributed by atoms with Gasteiger partial charge in [0.25, 0.3) is 0 Å². The Balaban J connectivity index is 1.68. The van der Waals surface area contributed by atoms with Crippen LogP contribution in [0.25, 0.3) is 11.4 Å². The van der Waals surface area contributed by atoms with Crippen LogP contribution in [0.15, 0.2) is 58.2 Å². The van der Waals surface area contributed by atoms with E-state index in [9.17, 15) is 9.59 Å². The lowest BCUT2D eigenvalue weighted by atomic mass is 10.2. The summed E-state index contributed by atoms with van der Waals surface area (Å²) in [4.78, 5) is 24.1. The molecule has 3 rings (SSSR count). The van der Waals surface area contributed by atoms with Crippen LogP contribution in [0.2, 0.25) is 0 Å². The van der Waals surface area contributed by atoms with Crippen molar-refractivity contribution in [3.63, 3.8) is 0 Å². The lowest BCUT2D eigenvalue weighted by Gasteiger charge is -2.09. The van der Waals surface area contributed by atoms with Crippen LogP contribution in [0.3, 0.4) is 0 Å². The van der Waals surface area contributed by atoms with Crippen LogP contribution in [0.4, 0.5) is 5.69 Å². The van der Waals surface area contributed by atoms with Gasteiger partial charge in [-0.2, -0.15) is 0 Å². The zero-order chi connectivity index (χ0) is 20.1. The van der Waals surface area contributed by atoms with Gasteiger partial charge >= 0.3 is 5.97 Å². The third kappa shape index (κ3) is 4.34. The van der Waals surface area contributed by atoms with Crippen LogP contribution in [0.1, 0.15) is 10.4 Å². The number of esters is 1. The van der Waals surface area contributed by atoms with Gasteiger partial charge in [0.15, 0.2) is 5.82 Å². The van der Waals surface area contributed by atoms with E-state index in [0.717, 1.165) is 21.8 Å². The van der Waals surface area contributed by atoms with Gasteiger partial charge in [-0.1, -0.05) is 52.0 Å². The minimum atomic E-state index is -0.525. The van der Waals surface area contributed by atoms with Gasteiger partial charge in [0, 0.05) is 10.0 Å². The summed E-state index contributed by atoms with van der Waals surface area (Å²) in [5, 5.41) is 11.2. The molecule has 8 nitrogen and oxygen atoms in total. The summed E-state index contributed by atoms with van der Waals surface area (Å²) in [6, 6.07) is 14.1. The van der Waals surface area contributed by atoms with Crippen LogP contribution in [0.5, 0.6) is 0 Å². The number of thioether (sulfide) groups is 1. The zero-order valence-electron chi connectivity index (χ0n) is 14.8. The van der Waals surface area contributed by atoms with E-state index in [1.54, 1.807) is 24.3 Å². The summed E-state index contributed by atoms with van der Waals surface area (Å²) in [5.41, 5.74) is 1.45. The zero-order valence-corrected chi connectivity index (χ0v) is 17.2. The topological polar surface area (TPSA) is 112 Å². The van der Waals surface area contributed by atoms with Crippen molar-refractivity contribution >= 4 is 45.3 Å². The molecule has 0 atom stereocenters. The molecule has 3 aromatic rings. The second-order valence-electron chi connectivity index (χ2n) is 5.53. The molecular formula is C18H16BrN5O3S. The van der Waals surface area contributed by atoms with Gasteiger partial charge < -0.3 is 15.9 Å². The Hall–Kier alpha value is -2.85. The number of nitrogen functional groups attached to an aromatic ring is 1. The number of rotatable bonds is 6. The molecule has 0 aliphatic rings. The summed E-state index contributed by atoms with van der Waals surface area (Å²) in [5.74, 6) is 5.76. The molecular weight excluding hydrogens is 446 g/mol. The van der Waals surface area contributed by atoms with E-state index in [2.05, 4.69) is 31.4 Å². The average Bonchev–Trinajstić information content (AvgIpc) is 3.07. The SMILES string of the molecule is COC(=O)c1ccccc1NC(=O)CSc1nnc(-c2ccccc2Br)n1N. The van der Waals surface area contributed by atoms with Gasteiger partial charge in [0.2, 0.25) is 11.1 Å². The van der Waals surface area contributed by atoms with Crippen molar-refractivity contribution in [2.45, 2.75) is 5.16 Å². The lowest BCUT2D eigenvalue weighted by Crippen LogP contribution is -2.18. The number of aromatic nitrogens is 3. The number of methoxy groups -OCH3 is 1. The van der Waals surface area contributed by atoms with Crippen LogP contribution in [-0.4, -0.2) is 39.6 Å². The van der Waals surface area contributed by atoms with Crippen LogP contribution in [-0.2, 0) is 9.53 Å². The number of amides is 1. The number of nitrogens with two attached hydrogens (primary N) is 1. The number of para-hydroxylation sites is 1. The van der Waals surface area contributed by atoms with E-state index in [1.807, 2.05) is 24.3 Å². The van der Waals surface area contributed by atoms with E-state index in [1.165, 1.54) is 11.8 Å². The standard InChI is InChI=1S/C18H16BrN5O3S/c1-27-17(26)12-7-3-5-9-14(12)21-15(25)10-28-18-23-22-16(24(18)20)11-6-2-4-8-13(11)19/h2-9H,10,20H2,1H3,(H,21,25). The molecule has 144 valence electrons. The Kier molecular flexibility index (Phi) is 6.32. The maximum atomic E-state index is 12.3. The van der Waals surface area contributed by atoms with E-state index in [-0.39, 0.29) is 17.2 Å². The maximum Gasteiger partial charge on any atom is 0.339 e. The summed E-state index contributed by atoms with van der Waals surface area (Å²) < 4.78 is 6.89. The summed E-state index contributed by atoms with van der Waals surface area (Å²) in [6.45, 7) is 0. The largest absolute Gasteiger partial charge is 0.465 e. The fourth-order valence-corrected chi connectivity index (χ4v) is 3.52. The maximum absolute atomic E-state index is 12.3. The highest BCUT2D eigenvalue weighted by Crippen LogP contribution is 2.28. The number of nitrogens with one attached hydrogen (secondary N) is 1. The predicted molar refractivity (Wildman–Crippen MR) is 110 cm³/mol. The third-order valence-corrected chi connectivity index (χ3v) is 5.35. The molecule has 1 aromatic heterocycles. The molecule has 3 N–H and O–H groups in total. The van der Waals surface area contributed by atoms with Gasteiger partial charge in [-0.3, -0.25) is 4.79 Å². The van der Waals surface area contributed by atoms with Gasteiger partial charge in [0.05, 0.1) is 24.1 Å². The van der Waals surface area contributed by atoms with Gasteiger partial charge in [-0.05, 0) is 24.3 Å². The second kappa shape index (κ2) is 8.89. The van der Waals surface area contributed by atoms with E-state index in [0.29, 0.717) is 16.7 Å². The number of ether oxygens (including phenoxy) is 1. The first-order valence-corrected chi connectivity index (χ1v) is 9.84. The molecule has 0 aliphatic carbocycles. The minimum Gasteiger partial charge on any atom is -0.465 e. The Bertz CT molecular complexity index is 1020. The second-order valence-corrected chi connectivity index (χ2v) is 7.33. The molecule has 1 heterocycles. The van der Waals surface area contributed by atoms with Crippen molar-refractivity contribution in [2.24, 2.45) is 0 Å². The highest BCUT2D eigenvalue weighted by Gasteiger charge is 2.17. The fourth-order valence-electron chi connectivity index (χ4n) is 2.40. The highest BCUT2D eigenvalue weighted by molar-refractivity contribution is 9.10. The fraction of sp³-hybridized carbons (Fsp3) is 0.111. The molecule has 0 fully saturated rings. The van der Waals surface area contributed by atoms with Crippen LogP contribution < -0.4 is 11.2 Å². The number of carbonyl (C=O) groups is 2. The Labute approximate surface area is 173 Å². The van der Waals surface area contributed by atoms with Gasteiger partial charge in [-0.25, -0.2) is 9.47 Å². The molecule has 28 heavy (non-hydrogen) atoms. The van der Waals surface area contributed by atoms with Crippen LogP contribution >= 0.6 is 27.7 Å². The van der Waals surface area contributed by atoms with Crippen molar-refractivity contribution in [3.8, 4) is 11.4 Å². The molecule has 0 bridgehead atoms. The number of halogens is 1. The normalized spacial score (nSPS) is 10.5. The van der Waals surface area contributed by atoms with Crippen molar-refractivity contribution in [2.75, 3.05) is 24.0 Å². The third-order valence-electron chi connectivity index (χ3n) is 3.72. The summed E-state index contributed by atoms with van der Waals surface area (Å²) >= 11 is 4.59. The Morgan fingerprint density at radius 2 is 1.89 bits per heavy atom. The Morgan fingerprint density at radius 3 is 2.64 bits per heavy atom. The molecule has 0 radical (unpaired) electrons. The first-order chi connectivity index (χ1) is 13.5. The number of nitrogens with zero attached hydrogens (tertiary/aromatic N) is 3. The molecule has 2 aromatic carbocycles. The molecule has 0 saturated carbocycles. The van der Waals surface area contributed by atoms with Crippen LogP contribution in [0, 0.1) is 0 Å².